The fourth-order valence-electron chi connectivity index (χ4n) is 5.24. The zero-order chi connectivity index (χ0) is 24.7. The van der Waals surface area contributed by atoms with Gasteiger partial charge in [0.15, 0.2) is 11.5 Å². The number of nitrogens with zero attached hydrogens (tertiary/aromatic N) is 1. The van der Waals surface area contributed by atoms with Crippen LogP contribution < -0.4 is 29.2 Å². The van der Waals surface area contributed by atoms with Gasteiger partial charge in [0.1, 0.15) is 23.5 Å². The molecule has 3 aliphatic rings. The highest BCUT2D eigenvalue weighted by molar-refractivity contribution is 6.11. The summed E-state index contributed by atoms with van der Waals surface area (Å²) in [7, 11) is 1.61. The first-order valence-corrected chi connectivity index (χ1v) is 12.0. The minimum atomic E-state index is -0.912. The molecule has 184 valence electrons. The Labute approximate surface area is 208 Å². The van der Waals surface area contributed by atoms with Gasteiger partial charge in [0.2, 0.25) is 18.6 Å². The van der Waals surface area contributed by atoms with E-state index in [2.05, 4.69) is 5.32 Å². The van der Waals surface area contributed by atoms with Gasteiger partial charge in [-0.3, -0.25) is 9.59 Å². The fourth-order valence-corrected chi connectivity index (χ4v) is 5.24. The molecule has 8 nitrogen and oxygen atoms in total. The molecule has 0 aliphatic carbocycles. The maximum absolute atomic E-state index is 13.9. The van der Waals surface area contributed by atoms with Crippen LogP contribution in [0.2, 0.25) is 0 Å². The van der Waals surface area contributed by atoms with Crippen LogP contribution in [-0.2, 0) is 21.4 Å². The highest BCUT2D eigenvalue weighted by Gasteiger charge is 2.57. The third-order valence-corrected chi connectivity index (χ3v) is 7.05. The molecule has 0 saturated carbocycles. The van der Waals surface area contributed by atoms with Crippen molar-refractivity contribution in [3.63, 3.8) is 0 Å². The molecule has 0 saturated heterocycles. The molecule has 2 amide bonds. The van der Waals surface area contributed by atoms with Crippen LogP contribution in [0.15, 0.2) is 60.7 Å². The fraction of sp³-hybridized carbons (Fsp3) is 0.286. The number of amides is 2. The Bertz CT molecular complexity index is 1340. The van der Waals surface area contributed by atoms with Gasteiger partial charge in [-0.25, -0.2) is 0 Å². The first kappa shape index (κ1) is 22.3. The van der Waals surface area contributed by atoms with Crippen LogP contribution >= 0.6 is 0 Å². The number of carbonyl (C=O) groups is 2. The number of carbonyl (C=O) groups excluding carboxylic acids is 2. The van der Waals surface area contributed by atoms with Gasteiger partial charge in [-0.2, -0.15) is 0 Å². The van der Waals surface area contributed by atoms with Crippen LogP contribution in [0.1, 0.15) is 23.1 Å². The van der Waals surface area contributed by atoms with Crippen molar-refractivity contribution in [2.75, 3.05) is 38.5 Å². The lowest BCUT2D eigenvalue weighted by molar-refractivity contribution is -0.122. The molecule has 36 heavy (non-hydrogen) atoms. The molecular formula is C28H26N2O6. The molecule has 1 N–H and O–H groups in total. The lowest BCUT2D eigenvalue weighted by Gasteiger charge is -2.23. The Balaban J connectivity index is 1.15. The molecule has 6 rings (SSSR count). The molecule has 1 spiro atoms. The summed E-state index contributed by atoms with van der Waals surface area (Å²) in [6.07, 6.45) is 0.919. The second-order valence-corrected chi connectivity index (χ2v) is 9.10. The third kappa shape index (κ3) is 3.52. The van der Waals surface area contributed by atoms with Gasteiger partial charge in [-0.1, -0.05) is 30.3 Å². The van der Waals surface area contributed by atoms with E-state index in [1.807, 2.05) is 65.6 Å². The maximum Gasteiger partial charge on any atom is 0.245 e. The van der Waals surface area contributed by atoms with Crippen LogP contribution in [0, 0.1) is 0 Å². The van der Waals surface area contributed by atoms with E-state index in [0.29, 0.717) is 43.2 Å². The molecule has 3 aromatic carbocycles. The Morgan fingerprint density at radius 1 is 1.00 bits per heavy atom. The number of nitrogens with one attached hydrogen (secondary N) is 1. The van der Waals surface area contributed by atoms with Crippen LogP contribution in [0.3, 0.4) is 0 Å². The van der Waals surface area contributed by atoms with Gasteiger partial charge < -0.3 is 29.2 Å². The number of benzene rings is 3. The molecule has 1 unspecified atom stereocenters. The number of para-hydroxylation sites is 1. The molecule has 3 aliphatic heterocycles. The van der Waals surface area contributed by atoms with Crippen LogP contribution in [0.25, 0.3) is 0 Å². The van der Waals surface area contributed by atoms with Gasteiger partial charge in [0, 0.05) is 30.4 Å². The van der Waals surface area contributed by atoms with Crippen molar-refractivity contribution in [2.24, 2.45) is 0 Å². The predicted octanol–water partition coefficient (Wildman–Crippen LogP) is 3.20. The number of fused-ring (bicyclic) bond motifs is 5. The van der Waals surface area contributed by atoms with E-state index in [0.717, 1.165) is 28.1 Å². The van der Waals surface area contributed by atoms with E-state index in [1.54, 1.807) is 7.11 Å². The molecular weight excluding hydrogens is 460 g/mol. The summed E-state index contributed by atoms with van der Waals surface area (Å²) in [4.78, 5) is 28.2. The van der Waals surface area contributed by atoms with E-state index < -0.39 is 5.41 Å². The lowest BCUT2D eigenvalue weighted by atomic mass is 9.77. The van der Waals surface area contributed by atoms with Crippen molar-refractivity contribution < 1.29 is 28.5 Å². The van der Waals surface area contributed by atoms with Crippen molar-refractivity contribution >= 4 is 17.5 Å². The number of hydrogen-bond donors (Lipinski definition) is 1. The molecule has 3 aromatic rings. The van der Waals surface area contributed by atoms with E-state index in [-0.39, 0.29) is 25.2 Å². The van der Waals surface area contributed by atoms with Crippen LogP contribution in [0.5, 0.6) is 23.0 Å². The summed E-state index contributed by atoms with van der Waals surface area (Å²) in [5.74, 6) is 2.58. The number of ether oxygens (including phenoxy) is 4. The Hall–Kier alpha value is -4.20. The molecule has 0 radical (unpaired) electrons. The number of hydrogen-bond acceptors (Lipinski definition) is 6. The van der Waals surface area contributed by atoms with E-state index in [1.165, 1.54) is 0 Å². The second kappa shape index (κ2) is 8.78. The zero-order valence-electron chi connectivity index (χ0n) is 19.9. The predicted molar refractivity (Wildman–Crippen MR) is 132 cm³/mol. The third-order valence-electron chi connectivity index (χ3n) is 7.05. The average molecular weight is 487 g/mol. The Morgan fingerprint density at radius 3 is 2.58 bits per heavy atom. The van der Waals surface area contributed by atoms with E-state index in [9.17, 15) is 9.59 Å². The largest absolute Gasteiger partial charge is 0.497 e. The summed E-state index contributed by atoms with van der Waals surface area (Å²) < 4.78 is 22.2. The Kier molecular flexibility index (Phi) is 5.44. The highest BCUT2D eigenvalue weighted by Crippen LogP contribution is 2.54. The van der Waals surface area contributed by atoms with Crippen molar-refractivity contribution in [1.29, 1.82) is 0 Å². The summed E-state index contributed by atoms with van der Waals surface area (Å²) in [6, 6.07) is 19.0. The first-order chi connectivity index (χ1) is 17.6. The van der Waals surface area contributed by atoms with Gasteiger partial charge in [-0.15, -0.1) is 0 Å². The summed E-state index contributed by atoms with van der Waals surface area (Å²) >= 11 is 0. The Morgan fingerprint density at radius 2 is 1.78 bits per heavy atom. The smallest absolute Gasteiger partial charge is 0.245 e. The minimum absolute atomic E-state index is 0.0223. The molecule has 0 bridgehead atoms. The van der Waals surface area contributed by atoms with Gasteiger partial charge in [0.25, 0.3) is 0 Å². The molecule has 3 heterocycles. The van der Waals surface area contributed by atoms with Crippen molar-refractivity contribution in [1.82, 2.24) is 5.32 Å². The summed E-state index contributed by atoms with van der Waals surface area (Å²) in [5.41, 5.74) is 2.61. The summed E-state index contributed by atoms with van der Waals surface area (Å²) in [5, 5.41) is 2.96. The highest BCUT2D eigenvalue weighted by atomic mass is 16.7. The molecule has 0 fully saturated rings. The van der Waals surface area contributed by atoms with Crippen molar-refractivity contribution in [2.45, 2.75) is 18.3 Å². The lowest BCUT2D eigenvalue weighted by Crippen LogP contribution is -2.43. The molecule has 0 aromatic heterocycles. The number of rotatable bonds is 7. The van der Waals surface area contributed by atoms with Crippen molar-refractivity contribution in [3.05, 3.63) is 77.4 Å². The summed E-state index contributed by atoms with van der Waals surface area (Å²) in [6.45, 7) is 1.35. The SMILES string of the molecule is COc1ccc(CC(=O)NCCCN2C(=O)C3(COc4cc5c(cc43)OCO5)c3ccccc32)cc1. The van der Waals surface area contributed by atoms with Gasteiger partial charge in [-0.05, 0) is 41.8 Å². The topological polar surface area (TPSA) is 86.3 Å². The van der Waals surface area contributed by atoms with Crippen LogP contribution in [-0.4, -0.2) is 45.4 Å². The number of anilines is 1. The monoisotopic (exact) mass is 486 g/mol. The van der Waals surface area contributed by atoms with Crippen molar-refractivity contribution in [3.8, 4) is 23.0 Å². The second-order valence-electron chi connectivity index (χ2n) is 9.10. The van der Waals surface area contributed by atoms with E-state index in [4.69, 9.17) is 18.9 Å². The number of methoxy groups -OCH3 is 1. The zero-order valence-corrected chi connectivity index (χ0v) is 19.9. The standard InChI is InChI=1S/C28H26N2O6/c1-33-19-9-7-18(8-10-19)13-26(31)29-11-4-12-30-22-6-3-2-5-20(22)28(27(30)32)16-34-23-15-25-24(14-21(23)28)35-17-36-25/h2-3,5-10,14-15H,4,11-13,16-17H2,1H3,(H,29,31). The maximum atomic E-state index is 13.9. The van der Waals surface area contributed by atoms with Crippen LogP contribution in [0.4, 0.5) is 5.69 Å². The molecule has 8 heteroatoms. The first-order valence-electron chi connectivity index (χ1n) is 12.0. The quantitative estimate of drug-likeness (QED) is 0.517. The van der Waals surface area contributed by atoms with E-state index >= 15 is 0 Å². The minimum Gasteiger partial charge on any atom is -0.497 e. The van der Waals surface area contributed by atoms with Gasteiger partial charge >= 0.3 is 0 Å². The molecule has 1 atom stereocenters. The normalized spacial score (nSPS) is 18.7. The average Bonchev–Trinajstić information content (AvgIpc) is 3.58. The van der Waals surface area contributed by atoms with Gasteiger partial charge in [0.05, 0.1) is 13.5 Å².